The first-order valence-corrected chi connectivity index (χ1v) is 8.63. The molecule has 0 spiro atoms. The molecule has 6 nitrogen and oxygen atoms in total. The van der Waals surface area contributed by atoms with Crippen LogP contribution >= 0.6 is 0 Å². The van der Waals surface area contributed by atoms with Crippen LogP contribution in [0.5, 0.6) is 5.75 Å². The van der Waals surface area contributed by atoms with Crippen molar-refractivity contribution < 1.29 is 14.4 Å². The third-order valence-corrected chi connectivity index (χ3v) is 4.33. The van der Waals surface area contributed by atoms with Crippen LogP contribution in [-0.4, -0.2) is 56.9 Å². The summed E-state index contributed by atoms with van der Waals surface area (Å²) in [5.41, 5.74) is 2.08. The lowest BCUT2D eigenvalue weighted by molar-refractivity contribution is -0.136. The minimum atomic E-state index is -0.0374. The number of hydrogen-bond donors (Lipinski definition) is 0. The number of carbonyl (C=O) groups is 1. The first-order valence-electron chi connectivity index (χ1n) is 8.63. The van der Waals surface area contributed by atoms with Crippen LogP contribution in [0.1, 0.15) is 5.56 Å². The Morgan fingerprint density at radius 3 is 2.38 bits per heavy atom. The van der Waals surface area contributed by atoms with Gasteiger partial charge in [0.25, 0.3) is 5.91 Å². The molecule has 1 aliphatic heterocycles. The summed E-state index contributed by atoms with van der Waals surface area (Å²) in [6.45, 7) is 2.91. The molecule has 1 saturated heterocycles. The van der Waals surface area contributed by atoms with Crippen molar-refractivity contribution >= 4 is 17.8 Å². The average Bonchev–Trinajstić information content (AvgIpc) is 2.72. The van der Waals surface area contributed by atoms with Crippen molar-refractivity contribution in [1.82, 2.24) is 4.90 Å². The van der Waals surface area contributed by atoms with E-state index in [0.717, 1.165) is 30.1 Å². The summed E-state index contributed by atoms with van der Waals surface area (Å²) in [7, 11) is 1.66. The summed E-state index contributed by atoms with van der Waals surface area (Å²) < 4.78 is 5.18. The van der Waals surface area contributed by atoms with Gasteiger partial charge in [-0.2, -0.15) is 0 Å². The molecule has 2 aromatic carbocycles. The second-order valence-electron chi connectivity index (χ2n) is 5.98. The molecule has 0 aliphatic carbocycles. The molecule has 1 aliphatic rings. The fourth-order valence-electron chi connectivity index (χ4n) is 2.83. The van der Waals surface area contributed by atoms with Crippen LogP contribution in [0.2, 0.25) is 0 Å². The highest BCUT2D eigenvalue weighted by Gasteiger charge is 2.21. The van der Waals surface area contributed by atoms with Gasteiger partial charge in [0.15, 0.2) is 6.61 Å². The Hall–Kier alpha value is -3.02. The van der Waals surface area contributed by atoms with Crippen molar-refractivity contribution in [1.29, 1.82) is 0 Å². The summed E-state index contributed by atoms with van der Waals surface area (Å²) in [5.74, 6) is 0.806. The van der Waals surface area contributed by atoms with Crippen LogP contribution in [0.25, 0.3) is 0 Å². The monoisotopic (exact) mass is 353 g/mol. The fraction of sp³-hybridized carbons (Fsp3) is 0.300. The van der Waals surface area contributed by atoms with Crippen molar-refractivity contribution in [2.45, 2.75) is 0 Å². The summed E-state index contributed by atoms with van der Waals surface area (Å²) in [4.78, 5) is 21.4. The Kier molecular flexibility index (Phi) is 6.09. The lowest BCUT2D eigenvalue weighted by Gasteiger charge is -2.35. The number of nitrogens with zero attached hydrogens (tertiary/aromatic N) is 3. The average molecular weight is 353 g/mol. The minimum Gasteiger partial charge on any atom is -0.497 e. The van der Waals surface area contributed by atoms with Gasteiger partial charge in [-0.3, -0.25) is 4.79 Å². The van der Waals surface area contributed by atoms with E-state index in [1.165, 1.54) is 0 Å². The summed E-state index contributed by atoms with van der Waals surface area (Å²) in [6, 6.07) is 17.6. The van der Waals surface area contributed by atoms with Crippen LogP contribution in [0.4, 0.5) is 5.69 Å². The molecule has 0 unspecified atom stereocenters. The number of hydrogen-bond acceptors (Lipinski definition) is 5. The van der Waals surface area contributed by atoms with Gasteiger partial charge >= 0.3 is 0 Å². The molecular weight excluding hydrogens is 330 g/mol. The molecule has 0 saturated carbocycles. The van der Waals surface area contributed by atoms with Crippen LogP contribution in [-0.2, 0) is 9.63 Å². The molecule has 136 valence electrons. The van der Waals surface area contributed by atoms with E-state index in [1.807, 2.05) is 59.5 Å². The highest BCUT2D eigenvalue weighted by atomic mass is 16.6. The van der Waals surface area contributed by atoms with Crippen molar-refractivity contribution in [2.75, 3.05) is 44.8 Å². The van der Waals surface area contributed by atoms with Crippen LogP contribution in [0.3, 0.4) is 0 Å². The molecule has 0 aromatic heterocycles. The standard InChI is InChI=1S/C20H23N3O3/c1-25-19-9-7-18(8-10-19)22-11-13-23(14-12-22)20(24)16-26-21-15-17-5-3-2-4-6-17/h2-10,15H,11-14,16H2,1H3/b21-15-. The molecule has 6 heteroatoms. The van der Waals surface area contributed by atoms with Crippen molar-refractivity contribution in [3.05, 3.63) is 60.2 Å². The number of ether oxygens (including phenoxy) is 1. The van der Waals surface area contributed by atoms with E-state index in [2.05, 4.69) is 10.1 Å². The number of benzene rings is 2. The third-order valence-electron chi connectivity index (χ3n) is 4.33. The maximum atomic E-state index is 12.2. The second kappa shape index (κ2) is 8.89. The quantitative estimate of drug-likeness (QED) is 0.591. The predicted molar refractivity (Wildman–Crippen MR) is 102 cm³/mol. The second-order valence-corrected chi connectivity index (χ2v) is 5.98. The van der Waals surface area contributed by atoms with Gasteiger partial charge in [0.05, 0.1) is 13.3 Å². The summed E-state index contributed by atoms with van der Waals surface area (Å²) in [5, 5.41) is 3.86. The van der Waals surface area contributed by atoms with Gasteiger partial charge in [-0.05, 0) is 29.8 Å². The molecule has 2 aromatic rings. The Bertz CT molecular complexity index is 724. The number of amides is 1. The smallest absolute Gasteiger partial charge is 0.263 e. The molecule has 0 bridgehead atoms. The zero-order chi connectivity index (χ0) is 18.2. The highest BCUT2D eigenvalue weighted by Crippen LogP contribution is 2.20. The first kappa shape index (κ1) is 17.8. The Labute approximate surface area is 153 Å². The van der Waals surface area contributed by atoms with E-state index >= 15 is 0 Å². The zero-order valence-electron chi connectivity index (χ0n) is 14.9. The van der Waals surface area contributed by atoms with Crippen molar-refractivity contribution in [3.63, 3.8) is 0 Å². The number of rotatable bonds is 6. The van der Waals surface area contributed by atoms with E-state index in [4.69, 9.17) is 9.57 Å². The number of anilines is 1. The van der Waals surface area contributed by atoms with Crippen molar-refractivity contribution in [3.8, 4) is 5.75 Å². The van der Waals surface area contributed by atoms with Crippen LogP contribution < -0.4 is 9.64 Å². The van der Waals surface area contributed by atoms with E-state index in [-0.39, 0.29) is 12.5 Å². The van der Waals surface area contributed by atoms with E-state index in [1.54, 1.807) is 13.3 Å². The number of methoxy groups -OCH3 is 1. The lowest BCUT2D eigenvalue weighted by Crippen LogP contribution is -2.49. The minimum absolute atomic E-state index is 0.0358. The molecular formula is C20H23N3O3. The predicted octanol–water partition coefficient (Wildman–Crippen LogP) is 2.39. The largest absolute Gasteiger partial charge is 0.497 e. The number of oxime groups is 1. The summed E-state index contributed by atoms with van der Waals surface area (Å²) in [6.07, 6.45) is 1.61. The van der Waals surface area contributed by atoms with Gasteiger partial charge in [0.1, 0.15) is 5.75 Å². The molecule has 26 heavy (non-hydrogen) atoms. The van der Waals surface area contributed by atoms with E-state index in [9.17, 15) is 4.79 Å². The molecule has 1 fully saturated rings. The van der Waals surface area contributed by atoms with Gasteiger partial charge in [-0.1, -0.05) is 35.5 Å². The van der Waals surface area contributed by atoms with Gasteiger partial charge in [0, 0.05) is 31.9 Å². The maximum Gasteiger partial charge on any atom is 0.263 e. The molecule has 0 N–H and O–H groups in total. The maximum absolute atomic E-state index is 12.2. The molecule has 1 amide bonds. The molecule has 3 rings (SSSR count). The van der Waals surface area contributed by atoms with Gasteiger partial charge in [-0.25, -0.2) is 0 Å². The Morgan fingerprint density at radius 1 is 1.04 bits per heavy atom. The van der Waals surface area contributed by atoms with Crippen molar-refractivity contribution in [2.24, 2.45) is 5.16 Å². The zero-order valence-corrected chi connectivity index (χ0v) is 14.9. The normalized spacial score (nSPS) is 14.5. The Morgan fingerprint density at radius 2 is 1.73 bits per heavy atom. The van der Waals surface area contributed by atoms with E-state index < -0.39 is 0 Å². The van der Waals surface area contributed by atoms with Gasteiger partial charge < -0.3 is 19.4 Å². The fourth-order valence-corrected chi connectivity index (χ4v) is 2.83. The molecule has 1 heterocycles. The number of piperazine rings is 1. The van der Waals surface area contributed by atoms with Gasteiger partial charge in [0.2, 0.25) is 0 Å². The lowest BCUT2D eigenvalue weighted by atomic mass is 10.2. The molecule has 0 radical (unpaired) electrons. The van der Waals surface area contributed by atoms with Crippen LogP contribution in [0, 0.1) is 0 Å². The summed E-state index contributed by atoms with van der Waals surface area (Å²) >= 11 is 0. The first-order chi connectivity index (χ1) is 12.8. The van der Waals surface area contributed by atoms with Gasteiger partial charge in [-0.15, -0.1) is 0 Å². The third kappa shape index (κ3) is 4.75. The van der Waals surface area contributed by atoms with Crippen LogP contribution in [0.15, 0.2) is 59.8 Å². The highest BCUT2D eigenvalue weighted by molar-refractivity contribution is 5.80. The Balaban J connectivity index is 1.42. The van der Waals surface area contributed by atoms with E-state index in [0.29, 0.717) is 13.1 Å². The number of carbonyl (C=O) groups excluding carboxylic acids is 1. The topological polar surface area (TPSA) is 54.4 Å². The molecule has 0 atom stereocenters. The SMILES string of the molecule is COc1ccc(N2CCN(C(=O)CO/N=C\c3ccccc3)CC2)cc1.